The SMILES string of the molecule is CC(C)c1cc(CO)ccc1C(F)(F)F.COC(=O)c1ccc(C(F)(F)F)c(C(C)C)c1. The summed E-state index contributed by atoms with van der Waals surface area (Å²) in [5.41, 5.74) is -0.361. The molecule has 0 fully saturated rings. The molecule has 0 aromatic heterocycles. The Morgan fingerprint density at radius 3 is 1.66 bits per heavy atom. The van der Waals surface area contributed by atoms with Crippen molar-refractivity contribution >= 4 is 5.97 Å². The zero-order valence-corrected chi connectivity index (χ0v) is 18.4. The number of ether oxygens (including phenoxy) is 1. The minimum atomic E-state index is -4.41. The molecular formula is C23H26F6O3. The smallest absolute Gasteiger partial charge is 0.416 e. The summed E-state index contributed by atoms with van der Waals surface area (Å²) in [5, 5.41) is 8.86. The minimum Gasteiger partial charge on any atom is -0.465 e. The molecule has 178 valence electrons. The third kappa shape index (κ3) is 7.25. The van der Waals surface area contributed by atoms with Gasteiger partial charge in [0.15, 0.2) is 0 Å². The zero-order chi connectivity index (χ0) is 24.9. The maximum atomic E-state index is 12.7. The predicted molar refractivity (Wildman–Crippen MR) is 108 cm³/mol. The molecule has 0 aliphatic heterocycles. The van der Waals surface area contributed by atoms with Crippen LogP contribution in [0.2, 0.25) is 0 Å². The van der Waals surface area contributed by atoms with Crippen molar-refractivity contribution in [2.75, 3.05) is 7.11 Å². The molecule has 1 N–H and O–H groups in total. The Balaban J connectivity index is 0.000000323. The van der Waals surface area contributed by atoms with E-state index in [1.807, 2.05) is 0 Å². The van der Waals surface area contributed by atoms with Crippen molar-refractivity contribution in [3.8, 4) is 0 Å². The van der Waals surface area contributed by atoms with E-state index in [1.165, 1.54) is 25.3 Å². The summed E-state index contributed by atoms with van der Waals surface area (Å²) >= 11 is 0. The summed E-state index contributed by atoms with van der Waals surface area (Å²) in [5.74, 6) is -1.18. The summed E-state index contributed by atoms with van der Waals surface area (Å²) < 4.78 is 80.3. The Hall–Kier alpha value is -2.55. The fraction of sp³-hybridized carbons (Fsp3) is 0.435. The monoisotopic (exact) mass is 464 g/mol. The average Bonchev–Trinajstić information content (AvgIpc) is 2.71. The summed E-state index contributed by atoms with van der Waals surface area (Å²) in [6.07, 6.45) is -8.73. The first-order valence-corrected chi connectivity index (χ1v) is 9.73. The third-order valence-corrected chi connectivity index (χ3v) is 4.63. The van der Waals surface area contributed by atoms with Crippen molar-refractivity contribution in [1.82, 2.24) is 0 Å². The maximum Gasteiger partial charge on any atom is 0.416 e. The number of halogens is 6. The number of aliphatic hydroxyl groups is 1. The average molecular weight is 464 g/mol. The Morgan fingerprint density at radius 2 is 1.28 bits per heavy atom. The van der Waals surface area contributed by atoms with Crippen molar-refractivity contribution in [2.24, 2.45) is 0 Å². The highest BCUT2D eigenvalue weighted by molar-refractivity contribution is 5.89. The van der Waals surface area contributed by atoms with Crippen LogP contribution in [0.5, 0.6) is 0 Å². The van der Waals surface area contributed by atoms with Crippen LogP contribution in [0.4, 0.5) is 26.3 Å². The number of hydrogen-bond donors (Lipinski definition) is 1. The number of aliphatic hydroxyl groups excluding tert-OH is 1. The van der Waals surface area contributed by atoms with Gasteiger partial charge in [-0.2, -0.15) is 26.3 Å². The van der Waals surface area contributed by atoms with E-state index >= 15 is 0 Å². The van der Waals surface area contributed by atoms with E-state index in [-0.39, 0.29) is 35.1 Å². The Bertz CT molecular complexity index is 915. The Morgan fingerprint density at radius 1 is 0.844 bits per heavy atom. The molecule has 32 heavy (non-hydrogen) atoms. The lowest BCUT2D eigenvalue weighted by atomic mass is 9.94. The minimum absolute atomic E-state index is 0.0976. The number of alkyl halides is 6. The molecule has 0 saturated carbocycles. The van der Waals surface area contributed by atoms with Gasteiger partial charge in [0.05, 0.1) is 30.4 Å². The first-order valence-electron chi connectivity index (χ1n) is 9.73. The van der Waals surface area contributed by atoms with E-state index < -0.39 is 29.4 Å². The van der Waals surface area contributed by atoms with Crippen molar-refractivity contribution in [3.05, 3.63) is 69.8 Å². The number of carbonyl (C=O) groups is 1. The molecule has 9 heteroatoms. The highest BCUT2D eigenvalue weighted by atomic mass is 19.4. The van der Waals surface area contributed by atoms with Crippen molar-refractivity contribution < 1.29 is 41.0 Å². The fourth-order valence-electron chi connectivity index (χ4n) is 2.99. The zero-order valence-electron chi connectivity index (χ0n) is 18.4. The first-order chi connectivity index (χ1) is 14.6. The molecule has 0 atom stereocenters. The molecule has 2 rings (SSSR count). The van der Waals surface area contributed by atoms with Crippen LogP contribution in [0.15, 0.2) is 36.4 Å². The number of esters is 1. The van der Waals surface area contributed by atoms with Gasteiger partial charge in [-0.3, -0.25) is 0 Å². The van der Waals surface area contributed by atoms with Gasteiger partial charge in [0, 0.05) is 0 Å². The second-order valence-electron chi connectivity index (χ2n) is 7.68. The van der Waals surface area contributed by atoms with Gasteiger partial charge in [0.1, 0.15) is 0 Å². The second kappa shape index (κ2) is 10.8. The molecule has 0 aliphatic carbocycles. The van der Waals surface area contributed by atoms with Gasteiger partial charge in [0.25, 0.3) is 0 Å². The molecule has 0 heterocycles. The standard InChI is InChI=1S/C12H13F3O2.C11H13F3O/c1-7(2)9-6-8(11(16)17-3)4-5-10(9)12(13,14)15;1-7(2)9-5-8(6-15)3-4-10(9)11(12,13)14/h4-7H,1-3H3;3-5,7,15H,6H2,1-2H3. The van der Waals surface area contributed by atoms with Gasteiger partial charge in [-0.15, -0.1) is 0 Å². The number of carbonyl (C=O) groups excluding carboxylic acids is 1. The van der Waals surface area contributed by atoms with Crippen LogP contribution < -0.4 is 0 Å². The van der Waals surface area contributed by atoms with Crippen LogP contribution in [0.25, 0.3) is 0 Å². The molecule has 0 spiro atoms. The molecular weight excluding hydrogens is 438 g/mol. The van der Waals surface area contributed by atoms with E-state index in [0.717, 1.165) is 18.2 Å². The van der Waals surface area contributed by atoms with E-state index in [2.05, 4.69) is 4.74 Å². The summed E-state index contributed by atoms with van der Waals surface area (Å²) in [7, 11) is 1.19. The summed E-state index contributed by atoms with van der Waals surface area (Å²) in [6, 6.07) is 7.02. The van der Waals surface area contributed by atoms with Crippen LogP contribution >= 0.6 is 0 Å². The lowest BCUT2D eigenvalue weighted by Gasteiger charge is -2.16. The largest absolute Gasteiger partial charge is 0.465 e. The van der Waals surface area contributed by atoms with Crippen molar-refractivity contribution in [1.29, 1.82) is 0 Å². The molecule has 0 aliphatic rings. The van der Waals surface area contributed by atoms with E-state index in [4.69, 9.17) is 5.11 Å². The molecule has 0 bridgehead atoms. The van der Waals surface area contributed by atoms with Gasteiger partial charge in [-0.05, 0) is 52.8 Å². The topological polar surface area (TPSA) is 46.5 Å². The van der Waals surface area contributed by atoms with Crippen LogP contribution in [0.1, 0.15) is 77.7 Å². The molecule has 0 unspecified atom stereocenters. The van der Waals surface area contributed by atoms with Gasteiger partial charge >= 0.3 is 18.3 Å². The number of rotatable bonds is 4. The van der Waals surface area contributed by atoms with Crippen LogP contribution in [-0.2, 0) is 23.7 Å². The van der Waals surface area contributed by atoms with E-state index in [1.54, 1.807) is 27.7 Å². The fourth-order valence-corrected chi connectivity index (χ4v) is 2.99. The van der Waals surface area contributed by atoms with Crippen LogP contribution in [-0.4, -0.2) is 18.2 Å². The molecule has 0 amide bonds. The maximum absolute atomic E-state index is 12.7. The Kier molecular flexibility index (Phi) is 9.32. The highest BCUT2D eigenvalue weighted by Gasteiger charge is 2.35. The highest BCUT2D eigenvalue weighted by Crippen LogP contribution is 2.36. The van der Waals surface area contributed by atoms with E-state index in [0.29, 0.717) is 5.56 Å². The van der Waals surface area contributed by atoms with E-state index in [9.17, 15) is 31.1 Å². The summed E-state index contributed by atoms with van der Waals surface area (Å²) in [4.78, 5) is 11.2. The normalized spacial score (nSPS) is 11.9. The van der Waals surface area contributed by atoms with Crippen LogP contribution in [0.3, 0.4) is 0 Å². The molecule has 0 radical (unpaired) electrons. The lowest BCUT2D eigenvalue weighted by Crippen LogP contribution is -2.12. The quantitative estimate of drug-likeness (QED) is 0.394. The number of benzene rings is 2. The predicted octanol–water partition coefficient (Wildman–Crippen LogP) is 6.94. The molecule has 0 saturated heterocycles. The number of hydrogen-bond acceptors (Lipinski definition) is 3. The Labute approximate surface area is 183 Å². The molecule has 2 aromatic rings. The third-order valence-electron chi connectivity index (χ3n) is 4.63. The number of methoxy groups -OCH3 is 1. The van der Waals surface area contributed by atoms with Gasteiger partial charge in [-0.1, -0.05) is 39.8 Å². The van der Waals surface area contributed by atoms with Gasteiger partial charge in [-0.25, -0.2) is 4.79 Å². The van der Waals surface area contributed by atoms with Crippen molar-refractivity contribution in [3.63, 3.8) is 0 Å². The molecule has 2 aromatic carbocycles. The lowest BCUT2D eigenvalue weighted by molar-refractivity contribution is -0.139. The van der Waals surface area contributed by atoms with Crippen molar-refractivity contribution in [2.45, 2.75) is 58.5 Å². The molecule has 3 nitrogen and oxygen atoms in total. The second-order valence-corrected chi connectivity index (χ2v) is 7.68. The first kappa shape index (κ1) is 27.5. The van der Waals surface area contributed by atoms with Crippen LogP contribution in [0, 0.1) is 0 Å². The van der Waals surface area contributed by atoms with Gasteiger partial charge in [0.2, 0.25) is 0 Å². The summed E-state index contributed by atoms with van der Waals surface area (Å²) in [6.45, 7) is 6.45. The van der Waals surface area contributed by atoms with Gasteiger partial charge < -0.3 is 9.84 Å².